The molecule has 1 aliphatic heterocycles. The summed E-state index contributed by atoms with van der Waals surface area (Å²) in [6.07, 6.45) is 3.59. The van der Waals surface area contributed by atoms with Crippen molar-refractivity contribution in [3.63, 3.8) is 0 Å². The van der Waals surface area contributed by atoms with Gasteiger partial charge in [0.2, 0.25) is 5.91 Å². The molecule has 2 N–H and O–H groups in total. The lowest BCUT2D eigenvalue weighted by atomic mass is 10.0. The first-order chi connectivity index (χ1) is 9.63. The Bertz CT molecular complexity index is 514. The Labute approximate surface area is 118 Å². The van der Waals surface area contributed by atoms with E-state index >= 15 is 0 Å². The average molecular weight is 276 g/mol. The maximum Gasteiger partial charge on any atom is 0.340 e. The third kappa shape index (κ3) is 3.10. The van der Waals surface area contributed by atoms with Gasteiger partial charge in [0.25, 0.3) is 0 Å². The molecule has 0 radical (unpaired) electrons. The Balaban J connectivity index is 2.26. The molecule has 1 fully saturated rings. The van der Waals surface area contributed by atoms with Crippen LogP contribution in [0, 0.1) is 0 Å². The van der Waals surface area contributed by atoms with Crippen LogP contribution in [0.3, 0.4) is 0 Å². The van der Waals surface area contributed by atoms with E-state index < -0.39 is 5.97 Å². The van der Waals surface area contributed by atoms with Crippen molar-refractivity contribution < 1.29 is 14.3 Å². The monoisotopic (exact) mass is 276 g/mol. The Morgan fingerprint density at radius 1 is 1.35 bits per heavy atom. The zero-order valence-electron chi connectivity index (χ0n) is 11.7. The third-order valence-corrected chi connectivity index (χ3v) is 3.61. The van der Waals surface area contributed by atoms with Gasteiger partial charge in [-0.3, -0.25) is 4.79 Å². The van der Waals surface area contributed by atoms with Crippen LogP contribution in [0.4, 0.5) is 5.69 Å². The highest BCUT2D eigenvalue weighted by Gasteiger charge is 2.21. The standard InChI is InChI=1S/C15H20N2O3/c1-20-15(19)14-11(6-5-7-12(14)16)10-17-9-4-2-3-8-13(17)18/h5-7H,2-4,8-10,16H2,1H3. The number of ether oxygens (including phenoxy) is 1. The van der Waals surface area contributed by atoms with Gasteiger partial charge in [-0.1, -0.05) is 18.6 Å². The van der Waals surface area contributed by atoms with E-state index in [0.29, 0.717) is 24.2 Å². The molecule has 0 aromatic heterocycles. The van der Waals surface area contributed by atoms with Crippen molar-refractivity contribution in [2.45, 2.75) is 32.2 Å². The van der Waals surface area contributed by atoms with Gasteiger partial charge in [0.15, 0.2) is 0 Å². The van der Waals surface area contributed by atoms with Gasteiger partial charge >= 0.3 is 5.97 Å². The van der Waals surface area contributed by atoms with Crippen molar-refractivity contribution in [3.05, 3.63) is 29.3 Å². The van der Waals surface area contributed by atoms with Crippen LogP contribution in [0.5, 0.6) is 0 Å². The maximum absolute atomic E-state index is 12.0. The molecular formula is C15H20N2O3. The summed E-state index contributed by atoms with van der Waals surface area (Å²) in [5, 5.41) is 0. The number of nitrogen functional groups attached to an aromatic ring is 1. The summed E-state index contributed by atoms with van der Waals surface area (Å²) in [5.74, 6) is -0.318. The van der Waals surface area contributed by atoms with Crippen LogP contribution < -0.4 is 5.73 Å². The minimum Gasteiger partial charge on any atom is -0.465 e. The lowest BCUT2D eigenvalue weighted by Crippen LogP contribution is -2.30. The molecule has 1 heterocycles. The van der Waals surface area contributed by atoms with Crippen LogP contribution >= 0.6 is 0 Å². The highest BCUT2D eigenvalue weighted by Crippen LogP contribution is 2.21. The number of amides is 1. The lowest BCUT2D eigenvalue weighted by molar-refractivity contribution is -0.131. The van der Waals surface area contributed by atoms with Gasteiger partial charge < -0.3 is 15.4 Å². The molecule has 2 rings (SSSR count). The molecule has 0 spiro atoms. The quantitative estimate of drug-likeness (QED) is 0.676. The molecule has 1 aromatic carbocycles. The fourth-order valence-electron chi connectivity index (χ4n) is 2.51. The second kappa shape index (κ2) is 6.41. The van der Waals surface area contributed by atoms with Gasteiger partial charge in [-0.15, -0.1) is 0 Å². The molecule has 5 nitrogen and oxygen atoms in total. The number of hydrogen-bond acceptors (Lipinski definition) is 4. The largest absolute Gasteiger partial charge is 0.465 e. The van der Waals surface area contributed by atoms with Gasteiger partial charge in [0.05, 0.1) is 12.7 Å². The van der Waals surface area contributed by atoms with E-state index in [0.717, 1.165) is 31.4 Å². The topological polar surface area (TPSA) is 72.6 Å². The average Bonchev–Trinajstić information content (AvgIpc) is 2.64. The van der Waals surface area contributed by atoms with Crippen LogP contribution in [0.15, 0.2) is 18.2 Å². The summed E-state index contributed by atoms with van der Waals surface area (Å²) in [4.78, 5) is 25.7. The smallest absolute Gasteiger partial charge is 0.340 e. The van der Waals surface area contributed by atoms with E-state index in [1.165, 1.54) is 7.11 Å². The summed E-state index contributed by atoms with van der Waals surface area (Å²) in [7, 11) is 1.33. The Morgan fingerprint density at radius 2 is 2.15 bits per heavy atom. The van der Waals surface area contributed by atoms with E-state index in [4.69, 9.17) is 10.5 Å². The number of anilines is 1. The summed E-state index contributed by atoms with van der Waals surface area (Å²) < 4.78 is 4.78. The molecule has 5 heteroatoms. The van der Waals surface area contributed by atoms with Crippen molar-refractivity contribution in [2.24, 2.45) is 0 Å². The van der Waals surface area contributed by atoms with E-state index in [9.17, 15) is 9.59 Å². The summed E-state index contributed by atoms with van der Waals surface area (Å²) in [6.45, 7) is 1.14. The molecular weight excluding hydrogens is 256 g/mol. The van der Waals surface area contributed by atoms with E-state index in [1.807, 2.05) is 6.07 Å². The number of rotatable bonds is 3. The zero-order valence-corrected chi connectivity index (χ0v) is 11.7. The molecule has 0 unspecified atom stereocenters. The second-order valence-corrected chi connectivity index (χ2v) is 5.00. The van der Waals surface area contributed by atoms with Crippen molar-refractivity contribution in [3.8, 4) is 0 Å². The van der Waals surface area contributed by atoms with Crippen LogP contribution in [-0.2, 0) is 16.1 Å². The molecule has 1 saturated heterocycles. The number of methoxy groups -OCH3 is 1. The molecule has 0 bridgehead atoms. The summed E-state index contributed by atoms with van der Waals surface area (Å²) in [6, 6.07) is 5.28. The molecule has 20 heavy (non-hydrogen) atoms. The second-order valence-electron chi connectivity index (χ2n) is 5.00. The van der Waals surface area contributed by atoms with Crippen LogP contribution in [0.1, 0.15) is 41.6 Å². The molecule has 0 atom stereocenters. The molecule has 1 aliphatic rings. The van der Waals surface area contributed by atoms with Crippen molar-refractivity contribution in [1.82, 2.24) is 4.90 Å². The maximum atomic E-state index is 12.0. The predicted octanol–water partition coefficient (Wildman–Crippen LogP) is 1.96. The number of carbonyl (C=O) groups is 2. The number of carbonyl (C=O) groups excluding carboxylic acids is 2. The number of nitrogens with two attached hydrogens (primary N) is 1. The molecule has 108 valence electrons. The number of hydrogen-bond donors (Lipinski definition) is 1. The van der Waals surface area contributed by atoms with Gasteiger partial charge in [-0.25, -0.2) is 4.79 Å². The first-order valence-corrected chi connectivity index (χ1v) is 6.87. The summed E-state index contributed by atoms with van der Waals surface area (Å²) in [5.41, 5.74) is 7.36. The first kappa shape index (κ1) is 14.4. The normalized spacial score (nSPS) is 15.8. The Hall–Kier alpha value is -2.04. The highest BCUT2D eigenvalue weighted by atomic mass is 16.5. The molecule has 1 amide bonds. The highest BCUT2D eigenvalue weighted by molar-refractivity contribution is 5.96. The predicted molar refractivity (Wildman–Crippen MR) is 76.1 cm³/mol. The third-order valence-electron chi connectivity index (χ3n) is 3.61. The number of esters is 1. The minimum atomic E-state index is -0.458. The summed E-state index contributed by atoms with van der Waals surface area (Å²) >= 11 is 0. The van der Waals surface area contributed by atoms with Crippen LogP contribution in [-0.4, -0.2) is 30.4 Å². The molecule has 1 aromatic rings. The number of nitrogens with zero attached hydrogens (tertiary/aromatic N) is 1. The number of benzene rings is 1. The van der Waals surface area contributed by atoms with E-state index in [2.05, 4.69) is 0 Å². The fraction of sp³-hybridized carbons (Fsp3) is 0.467. The minimum absolute atomic E-state index is 0.140. The van der Waals surface area contributed by atoms with Gasteiger partial charge in [0, 0.05) is 25.2 Å². The SMILES string of the molecule is COC(=O)c1c(N)cccc1CN1CCCCCC1=O. The Kier molecular flexibility index (Phi) is 4.61. The van der Waals surface area contributed by atoms with Gasteiger partial charge in [-0.2, -0.15) is 0 Å². The first-order valence-electron chi connectivity index (χ1n) is 6.87. The van der Waals surface area contributed by atoms with E-state index in [1.54, 1.807) is 17.0 Å². The van der Waals surface area contributed by atoms with Crippen LogP contribution in [0.2, 0.25) is 0 Å². The van der Waals surface area contributed by atoms with Gasteiger partial charge in [-0.05, 0) is 24.5 Å². The van der Waals surface area contributed by atoms with Crippen molar-refractivity contribution >= 4 is 17.6 Å². The van der Waals surface area contributed by atoms with Crippen molar-refractivity contribution in [2.75, 3.05) is 19.4 Å². The molecule has 0 saturated carbocycles. The fourth-order valence-corrected chi connectivity index (χ4v) is 2.51. The number of likely N-dealkylation sites (tertiary alicyclic amines) is 1. The molecule has 0 aliphatic carbocycles. The Morgan fingerprint density at radius 3 is 2.90 bits per heavy atom. The lowest BCUT2D eigenvalue weighted by Gasteiger charge is -2.22. The van der Waals surface area contributed by atoms with Gasteiger partial charge in [0.1, 0.15) is 0 Å². The van der Waals surface area contributed by atoms with Crippen molar-refractivity contribution in [1.29, 1.82) is 0 Å². The van der Waals surface area contributed by atoms with Crippen LogP contribution in [0.25, 0.3) is 0 Å². The van der Waals surface area contributed by atoms with E-state index in [-0.39, 0.29) is 5.91 Å². The zero-order chi connectivity index (χ0) is 14.5.